The van der Waals surface area contributed by atoms with Crippen molar-refractivity contribution in [3.05, 3.63) is 59.4 Å². The SMILES string of the molecule is CCC(O)c1ccccc1OCc1ccc(OC)cc1F. The van der Waals surface area contributed by atoms with Crippen molar-refractivity contribution in [3.63, 3.8) is 0 Å². The standard InChI is InChI=1S/C17H19FO3/c1-3-16(19)14-6-4-5-7-17(14)21-11-12-8-9-13(20-2)10-15(12)18/h4-10,16,19H,3,11H2,1-2H3. The van der Waals surface area contributed by atoms with E-state index in [4.69, 9.17) is 9.47 Å². The number of benzene rings is 2. The van der Waals surface area contributed by atoms with Crippen LogP contribution in [0.1, 0.15) is 30.6 Å². The minimum absolute atomic E-state index is 0.100. The van der Waals surface area contributed by atoms with Gasteiger partial charge in [-0.3, -0.25) is 0 Å². The highest BCUT2D eigenvalue weighted by atomic mass is 19.1. The highest BCUT2D eigenvalue weighted by molar-refractivity contribution is 5.35. The van der Waals surface area contributed by atoms with Gasteiger partial charge < -0.3 is 14.6 Å². The molecule has 2 aromatic carbocycles. The Morgan fingerprint density at radius 1 is 1.19 bits per heavy atom. The number of aliphatic hydroxyl groups is 1. The van der Waals surface area contributed by atoms with Gasteiger partial charge in [-0.25, -0.2) is 4.39 Å². The Morgan fingerprint density at radius 3 is 2.62 bits per heavy atom. The first-order chi connectivity index (χ1) is 10.2. The molecule has 0 heterocycles. The normalized spacial score (nSPS) is 12.0. The minimum atomic E-state index is -0.582. The number of rotatable bonds is 6. The molecule has 112 valence electrons. The van der Waals surface area contributed by atoms with Crippen molar-refractivity contribution in [2.45, 2.75) is 26.1 Å². The average Bonchev–Trinajstić information content (AvgIpc) is 2.53. The first-order valence-electron chi connectivity index (χ1n) is 6.88. The Hall–Kier alpha value is -2.07. The molecule has 1 atom stereocenters. The van der Waals surface area contributed by atoms with Crippen LogP contribution in [0.25, 0.3) is 0 Å². The molecule has 0 saturated carbocycles. The van der Waals surface area contributed by atoms with Gasteiger partial charge in [-0.2, -0.15) is 0 Å². The topological polar surface area (TPSA) is 38.7 Å². The molecule has 21 heavy (non-hydrogen) atoms. The predicted octanol–water partition coefficient (Wildman–Crippen LogP) is 3.86. The molecule has 1 unspecified atom stereocenters. The van der Waals surface area contributed by atoms with Crippen LogP contribution < -0.4 is 9.47 Å². The molecule has 0 aliphatic carbocycles. The summed E-state index contributed by atoms with van der Waals surface area (Å²) in [6.07, 6.45) is 0.0130. The summed E-state index contributed by atoms with van der Waals surface area (Å²) in [6.45, 7) is 1.99. The molecule has 3 nitrogen and oxygen atoms in total. The zero-order valence-electron chi connectivity index (χ0n) is 12.2. The van der Waals surface area contributed by atoms with Gasteiger partial charge in [-0.15, -0.1) is 0 Å². The summed E-state index contributed by atoms with van der Waals surface area (Å²) < 4.78 is 24.5. The lowest BCUT2D eigenvalue weighted by Crippen LogP contribution is -2.03. The Morgan fingerprint density at radius 2 is 1.95 bits per heavy atom. The Labute approximate surface area is 124 Å². The Balaban J connectivity index is 2.13. The fourth-order valence-corrected chi connectivity index (χ4v) is 2.03. The number of hydrogen-bond acceptors (Lipinski definition) is 3. The molecule has 0 bridgehead atoms. The smallest absolute Gasteiger partial charge is 0.133 e. The number of aliphatic hydroxyl groups excluding tert-OH is 1. The maximum atomic E-state index is 13.9. The van der Waals surface area contributed by atoms with Crippen LogP contribution in [0.2, 0.25) is 0 Å². The zero-order chi connectivity index (χ0) is 15.2. The van der Waals surface area contributed by atoms with E-state index in [1.54, 1.807) is 18.2 Å². The monoisotopic (exact) mass is 290 g/mol. The van der Waals surface area contributed by atoms with Crippen LogP contribution in [0.4, 0.5) is 4.39 Å². The van der Waals surface area contributed by atoms with Gasteiger partial charge >= 0.3 is 0 Å². The highest BCUT2D eigenvalue weighted by Crippen LogP contribution is 2.28. The van der Waals surface area contributed by atoms with Gasteiger partial charge in [-0.1, -0.05) is 25.1 Å². The summed E-state index contributed by atoms with van der Waals surface area (Å²) in [5, 5.41) is 9.96. The number of halogens is 1. The molecule has 0 aromatic heterocycles. The molecule has 0 spiro atoms. The summed E-state index contributed by atoms with van der Waals surface area (Å²) in [4.78, 5) is 0. The molecule has 0 aliphatic rings. The maximum Gasteiger partial charge on any atom is 0.133 e. The second-order valence-electron chi connectivity index (χ2n) is 4.71. The molecule has 0 amide bonds. The van der Waals surface area contributed by atoms with E-state index in [0.717, 1.165) is 0 Å². The molecule has 2 rings (SSSR count). The summed E-state index contributed by atoms with van der Waals surface area (Å²) >= 11 is 0. The van der Waals surface area contributed by atoms with Crippen LogP contribution in [-0.4, -0.2) is 12.2 Å². The summed E-state index contributed by atoms with van der Waals surface area (Å²) in [7, 11) is 1.49. The van der Waals surface area contributed by atoms with Crippen molar-refractivity contribution in [1.29, 1.82) is 0 Å². The molecular weight excluding hydrogens is 271 g/mol. The number of para-hydroxylation sites is 1. The summed E-state index contributed by atoms with van der Waals surface area (Å²) in [5.74, 6) is 0.669. The Bertz CT molecular complexity index is 598. The molecule has 0 radical (unpaired) electrons. The van der Waals surface area contributed by atoms with Crippen molar-refractivity contribution in [2.75, 3.05) is 7.11 Å². The van der Waals surface area contributed by atoms with Crippen molar-refractivity contribution >= 4 is 0 Å². The van der Waals surface area contributed by atoms with E-state index in [-0.39, 0.29) is 12.4 Å². The Kier molecular flexibility index (Phi) is 5.17. The van der Waals surface area contributed by atoms with E-state index >= 15 is 0 Å². The quantitative estimate of drug-likeness (QED) is 0.878. The maximum absolute atomic E-state index is 13.9. The van der Waals surface area contributed by atoms with Gasteiger partial charge in [0.05, 0.1) is 13.2 Å². The summed E-state index contributed by atoms with van der Waals surface area (Å²) in [6, 6.07) is 11.9. The lowest BCUT2D eigenvalue weighted by molar-refractivity contribution is 0.166. The van der Waals surface area contributed by atoms with Gasteiger partial charge in [0, 0.05) is 17.2 Å². The molecule has 0 saturated heterocycles. The van der Waals surface area contributed by atoms with Crippen LogP contribution in [0.5, 0.6) is 11.5 Å². The zero-order valence-corrected chi connectivity index (χ0v) is 12.2. The second kappa shape index (κ2) is 7.09. The molecule has 2 aromatic rings. The first-order valence-corrected chi connectivity index (χ1v) is 6.88. The predicted molar refractivity (Wildman–Crippen MR) is 79.0 cm³/mol. The average molecular weight is 290 g/mol. The summed E-state index contributed by atoms with van der Waals surface area (Å²) in [5.41, 5.74) is 1.16. The fourth-order valence-electron chi connectivity index (χ4n) is 2.03. The number of ether oxygens (including phenoxy) is 2. The molecule has 0 aliphatic heterocycles. The van der Waals surface area contributed by atoms with E-state index in [1.807, 2.05) is 25.1 Å². The number of methoxy groups -OCH3 is 1. The lowest BCUT2D eigenvalue weighted by atomic mass is 10.1. The highest BCUT2D eigenvalue weighted by Gasteiger charge is 2.12. The molecule has 4 heteroatoms. The third-order valence-corrected chi connectivity index (χ3v) is 3.31. The number of hydrogen-bond donors (Lipinski definition) is 1. The van der Waals surface area contributed by atoms with Crippen LogP contribution in [0, 0.1) is 5.82 Å². The van der Waals surface area contributed by atoms with Gasteiger partial charge in [0.2, 0.25) is 0 Å². The van der Waals surface area contributed by atoms with Gasteiger partial charge in [0.1, 0.15) is 23.9 Å². The van der Waals surface area contributed by atoms with Crippen LogP contribution >= 0.6 is 0 Å². The third-order valence-electron chi connectivity index (χ3n) is 3.31. The molecular formula is C17H19FO3. The van der Waals surface area contributed by atoms with Crippen LogP contribution in [0.3, 0.4) is 0 Å². The van der Waals surface area contributed by atoms with Crippen LogP contribution in [0.15, 0.2) is 42.5 Å². The van der Waals surface area contributed by atoms with Gasteiger partial charge in [-0.05, 0) is 24.6 Å². The van der Waals surface area contributed by atoms with Crippen molar-refractivity contribution in [3.8, 4) is 11.5 Å². The molecule has 0 fully saturated rings. The largest absolute Gasteiger partial charge is 0.497 e. The van der Waals surface area contributed by atoms with Crippen LogP contribution in [-0.2, 0) is 6.61 Å². The molecule has 1 N–H and O–H groups in total. The third kappa shape index (κ3) is 3.73. The lowest BCUT2D eigenvalue weighted by Gasteiger charge is -2.15. The van der Waals surface area contributed by atoms with Crippen molar-refractivity contribution in [2.24, 2.45) is 0 Å². The van der Waals surface area contributed by atoms with Crippen molar-refractivity contribution in [1.82, 2.24) is 0 Å². The minimum Gasteiger partial charge on any atom is -0.497 e. The van der Waals surface area contributed by atoms with E-state index in [2.05, 4.69) is 0 Å². The first kappa shape index (κ1) is 15.3. The van der Waals surface area contributed by atoms with E-state index < -0.39 is 6.10 Å². The van der Waals surface area contributed by atoms with Gasteiger partial charge in [0.15, 0.2) is 0 Å². The van der Waals surface area contributed by atoms with E-state index in [0.29, 0.717) is 29.0 Å². The fraction of sp³-hybridized carbons (Fsp3) is 0.294. The van der Waals surface area contributed by atoms with Crippen molar-refractivity contribution < 1.29 is 19.0 Å². The van der Waals surface area contributed by atoms with Gasteiger partial charge in [0.25, 0.3) is 0 Å². The second-order valence-corrected chi connectivity index (χ2v) is 4.71. The van der Waals surface area contributed by atoms with E-state index in [1.165, 1.54) is 13.2 Å². The van der Waals surface area contributed by atoms with E-state index in [9.17, 15) is 9.50 Å².